The molecule has 0 saturated carbocycles. The molecule has 1 aromatic carbocycles. The Morgan fingerprint density at radius 2 is 2.12 bits per heavy atom. The average Bonchev–Trinajstić information content (AvgIpc) is 2.71. The molecule has 4 heteroatoms. The number of benzene rings is 1. The van der Waals surface area contributed by atoms with E-state index in [1.54, 1.807) is 11.3 Å². The number of rotatable bonds is 4. The van der Waals surface area contributed by atoms with E-state index in [9.17, 15) is 0 Å². The molecule has 0 spiro atoms. The molecule has 1 heterocycles. The van der Waals surface area contributed by atoms with E-state index in [2.05, 4.69) is 33.4 Å². The van der Waals surface area contributed by atoms with Crippen molar-refractivity contribution < 1.29 is 0 Å². The molecule has 0 amide bonds. The lowest BCUT2D eigenvalue weighted by Crippen LogP contribution is -2.04. The van der Waals surface area contributed by atoms with Gasteiger partial charge in [0.25, 0.3) is 0 Å². The molecule has 2 rings (SSSR count). The van der Waals surface area contributed by atoms with Gasteiger partial charge in [0.05, 0.1) is 0 Å². The van der Waals surface area contributed by atoms with Crippen LogP contribution in [0.25, 0.3) is 0 Å². The molecule has 0 aliphatic heterocycles. The van der Waals surface area contributed by atoms with E-state index < -0.39 is 0 Å². The Balaban J connectivity index is 2.20. The minimum Gasteiger partial charge on any atom is -0.148 e. The number of alkyl halides is 1. The van der Waals surface area contributed by atoms with Crippen LogP contribution in [0.4, 0.5) is 0 Å². The minimum atomic E-state index is 0.310. The van der Waals surface area contributed by atoms with E-state index in [0.29, 0.717) is 11.8 Å². The molecule has 0 nitrogen and oxygen atoms in total. The SMILES string of the molecule is ClCC(Cc1sccc1Br)c1cccc(Cl)c1. The van der Waals surface area contributed by atoms with Crippen molar-refractivity contribution in [3.8, 4) is 0 Å². The van der Waals surface area contributed by atoms with E-state index in [1.807, 2.05) is 18.2 Å². The molecular weight excluding hydrogens is 339 g/mol. The molecule has 0 fully saturated rings. The van der Waals surface area contributed by atoms with Crippen LogP contribution in [0.2, 0.25) is 5.02 Å². The summed E-state index contributed by atoms with van der Waals surface area (Å²) in [6, 6.07) is 10.0. The van der Waals surface area contributed by atoms with Crippen LogP contribution in [0.1, 0.15) is 16.4 Å². The molecule has 1 atom stereocenters. The van der Waals surface area contributed by atoms with Gasteiger partial charge < -0.3 is 0 Å². The minimum absolute atomic E-state index is 0.310. The molecule has 0 aliphatic rings. The van der Waals surface area contributed by atoms with Gasteiger partial charge in [-0.05, 0) is 51.5 Å². The molecule has 17 heavy (non-hydrogen) atoms. The molecule has 0 radical (unpaired) electrons. The van der Waals surface area contributed by atoms with E-state index in [-0.39, 0.29) is 0 Å². The lowest BCUT2D eigenvalue weighted by Gasteiger charge is -2.14. The summed E-state index contributed by atoms with van der Waals surface area (Å²) >= 11 is 17.4. The van der Waals surface area contributed by atoms with Crippen LogP contribution in [0.3, 0.4) is 0 Å². The van der Waals surface area contributed by atoms with Gasteiger partial charge in [0.15, 0.2) is 0 Å². The average molecular weight is 350 g/mol. The quantitative estimate of drug-likeness (QED) is 0.618. The first-order chi connectivity index (χ1) is 8.20. The van der Waals surface area contributed by atoms with E-state index in [0.717, 1.165) is 11.4 Å². The Bertz CT molecular complexity index is 496. The standard InChI is InChI=1S/C13H11BrCl2S/c14-12-4-5-17-13(12)7-10(8-15)9-2-1-3-11(16)6-9/h1-6,10H,7-8H2. The van der Waals surface area contributed by atoms with Crippen LogP contribution >= 0.6 is 50.5 Å². The van der Waals surface area contributed by atoms with Crippen molar-refractivity contribution in [2.24, 2.45) is 0 Å². The lowest BCUT2D eigenvalue weighted by atomic mass is 9.97. The Hall–Kier alpha value is -0.0200. The smallest absolute Gasteiger partial charge is 0.0408 e. The zero-order valence-corrected chi connectivity index (χ0v) is 12.9. The molecule has 0 aliphatic carbocycles. The fraction of sp³-hybridized carbons (Fsp3) is 0.231. The highest BCUT2D eigenvalue weighted by Gasteiger charge is 2.14. The van der Waals surface area contributed by atoms with Gasteiger partial charge in [-0.15, -0.1) is 22.9 Å². The van der Waals surface area contributed by atoms with Crippen LogP contribution in [-0.4, -0.2) is 5.88 Å². The third-order valence-corrected chi connectivity index (χ3v) is 5.19. The van der Waals surface area contributed by atoms with Crippen molar-refractivity contribution in [1.82, 2.24) is 0 Å². The van der Waals surface area contributed by atoms with Gasteiger partial charge in [-0.1, -0.05) is 23.7 Å². The first kappa shape index (κ1) is 13.4. The third kappa shape index (κ3) is 3.47. The second-order valence-corrected chi connectivity index (χ2v) is 6.40. The molecule has 0 N–H and O–H groups in total. The number of hydrogen-bond donors (Lipinski definition) is 0. The summed E-state index contributed by atoms with van der Waals surface area (Å²) < 4.78 is 1.17. The lowest BCUT2D eigenvalue weighted by molar-refractivity contribution is 0.774. The van der Waals surface area contributed by atoms with E-state index >= 15 is 0 Å². The third-order valence-electron chi connectivity index (χ3n) is 2.63. The number of thiophene rings is 1. The van der Waals surface area contributed by atoms with Gasteiger partial charge in [0, 0.05) is 26.2 Å². The van der Waals surface area contributed by atoms with Gasteiger partial charge in [0.2, 0.25) is 0 Å². The van der Waals surface area contributed by atoms with E-state index in [1.165, 1.54) is 14.9 Å². The van der Waals surface area contributed by atoms with Crippen LogP contribution in [0.15, 0.2) is 40.2 Å². The number of hydrogen-bond acceptors (Lipinski definition) is 1. The van der Waals surface area contributed by atoms with Crippen LogP contribution in [0, 0.1) is 0 Å². The first-order valence-electron chi connectivity index (χ1n) is 5.24. The highest BCUT2D eigenvalue weighted by molar-refractivity contribution is 9.10. The van der Waals surface area contributed by atoms with E-state index in [4.69, 9.17) is 23.2 Å². The molecule has 2 aromatic rings. The highest BCUT2D eigenvalue weighted by Crippen LogP contribution is 2.30. The molecular formula is C13H11BrCl2S. The summed E-state index contributed by atoms with van der Waals surface area (Å²) in [5.41, 5.74) is 1.20. The van der Waals surface area contributed by atoms with Gasteiger partial charge in [0.1, 0.15) is 0 Å². The van der Waals surface area contributed by atoms with Crippen molar-refractivity contribution in [2.45, 2.75) is 12.3 Å². The molecule has 1 aromatic heterocycles. The molecule has 0 bridgehead atoms. The summed E-state index contributed by atoms with van der Waals surface area (Å²) in [7, 11) is 0. The van der Waals surface area contributed by atoms with Gasteiger partial charge in [-0.3, -0.25) is 0 Å². The van der Waals surface area contributed by atoms with Crippen LogP contribution in [-0.2, 0) is 6.42 Å². The Labute approximate surface area is 124 Å². The zero-order chi connectivity index (χ0) is 12.3. The maximum atomic E-state index is 6.07. The maximum Gasteiger partial charge on any atom is 0.0408 e. The summed E-state index contributed by atoms with van der Waals surface area (Å²) in [5.74, 6) is 0.912. The highest BCUT2D eigenvalue weighted by atomic mass is 79.9. The molecule has 90 valence electrons. The first-order valence-corrected chi connectivity index (χ1v) is 7.82. The largest absolute Gasteiger partial charge is 0.148 e. The van der Waals surface area contributed by atoms with Gasteiger partial charge >= 0.3 is 0 Å². The Morgan fingerprint density at radius 1 is 1.29 bits per heavy atom. The topological polar surface area (TPSA) is 0 Å². The van der Waals surface area contributed by atoms with Crippen LogP contribution in [0.5, 0.6) is 0 Å². The van der Waals surface area contributed by atoms with Crippen LogP contribution < -0.4 is 0 Å². The van der Waals surface area contributed by atoms with Crippen molar-refractivity contribution in [3.63, 3.8) is 0 Å². The van der Waals surface area contributed by atoms with Crippen molar-refractivity contribution in [3.05, 3.63) is 55.6 Å². The number of halogens is 3. The summed E-state index contributed by atoms with van der Waals surface area (Å²) in [5, 5.41) is 2.85. The molecule has 1 unspecified atom stereocenters. The normalized spacial score (nSPS) is 12.6. The van der Waals surface area contributed by atoms with Crippen molar-refractivity contribution in [1.29, 1.82) is 0 Å². The summed E-state index contributed by atoms with van der Waals surface area (Å²) in [4.78, 5) is 1.33. The fourth-order valence-corrected chi connectivity index (χ4v) is 3.80. The van der Waals surface area contributed by atoms with Gasteiger partial charge in [-0.25, -0.2) is 0 Å². The Morgan fingerprint density at radius 3 is 2.71 bits per heavy atom. The predicted molar refractivity (Wildman–Crippen MR) is 80.6 cm³/mol. The predicted octanol–water partition coefficient (Wildman–Crippen LogP) is 5.73. The summed E-state index contributed by atoms with van der Waals surface area (Å²) in [6.45, 7) is 0. The van der Waals surface area contributed by atoms with Gasteiger partial charge in [-0.2, -0.15) is 0 Å². The second-order valence-electron chi connectivity index (χ2n) is 3.80. The van der Waals surface area contributed by atoms with Crippen molar-refractivity contribution in [2.75, 3.05) is 5.88 Å². The van der Waals surface area contributed by atoms with Crippen molar-refractivity contribution >= 4 is 50.5 Å². The zero-order valence-electron chi connectivity index (χ0n) is 9.00. The Kier molecular flexibility index (Phi) is 4.92. The summed E-state index contributed by atoms with van der Waals surface area (Å²) in [6.07, 6.45) is 0.947. The maximum absolute atomic E-state index is 6.07. The second kappa shape index (κ2) is 6.24. The molecule has 0 saturated heterocycles. The monoisotopic (exact) mass is 348 g/mol. The fourth-order valence-electron chi connectivity index (χ4n) is 1.72.